The zero-order valence-electron chi connectivity index (χ0n) is 18.9. The number of aliphatic carboxylic acids is 1. The molecule has 12 nitrogen and oxygen atoms in total. The van der Waals surface area contributed by atoms with E-state index in [4.69, 9.17) is 15.3 Å². The van der Waals surface area contributed by atoms with E-state index in [1.165, 1.54) is 19.2 Å². The van der Waals surface area contributed by atoms with E-state index in [2.05, 4.69) is 10.4 Å². The largest absolute Gasteiger partial charge is 0.481 e. The summed E-state index contributed by atoms with van der Waals surface area (Å²) in [7, 11) is 0. The number of carboxylic acid groups (broad SMARTS) is 1. The van der Waals surface area contributed by atoms with Crippen LogP contribution < -0.4 is 20.6 Å². The highest BCUT2D eigenvalue weighted by Gasteiger charge is 2.53. The van der Waals surface area contributed by atoms with Gasteiger partial charge in [-0.1, -0.05) is 30.3 Å². The number of nitrogens with zero attached hydrogens (tertiary/aromatic N) is 3. The van der Waals surface area contributed by atoms with Crippen molar-refractivity contribution in [2.45, 2.75) is 31.8 Å². The second kappa shape index (κ2) is 8.97. The van der Waals surface area contributed by atoms with Gasteiger partial charge in [-0.2, -0.15) is 10.1 Å². The summed E-state index contributed by atoms with van der Waals surface area (Å²) in [5, 5.41) is 17.2. The molecule has 4 N–H and O–H groups in total. The Balaban J connectivity index is 1.73. The van der Waals surface area contributed by atoms with Crippen LogP contribution in [0.2, 0.25) is 0 Å². The van der Waals surface area contributed by atoms with Crippen molar-refractivity contribution in [3.05, 3.63) is 59.2 Å². The third-order valence-corrected chi connectivity index (χ3v) is 5.86. The van der Waals surface area contributed by atoms with E-state index in [0.29, 0.717) is 33.2 Å². The molecule has 1 saturated heterocycles. The number of hydrazone groups is 1. The van der Waals surface area contributed by atoms with Crippen molar-refractivity contribution < 1.29 is 33.8 Å². The quantitative estimate of drug-likeness (QED) is 0.231. The Labute approximate surface area is 199 Å². The molecule has 0 saturated carbocycles. The summed E-state index contributed by atoms with van der Waals surface area (Å²) < 4.78 is 10.7. The van der Waals surface area contributed by atoms with Gasteiger partial charge in [0.2, 0.25) is 12.7 Å². The molecule has 0 unspecified atom stereocenters. The number of rotatable bonds is 7. The predicted octanol–water partition coefficient (Wildman–Crippen LogP) is 1.45. The molecule has 0 aromatic heterocycles. The molecule has 1 fully saturated rings. The molecule has 2 heterocycles. The van der Waals surface area contributed by atoms with Crippen molar-refractivity contribution in [1.29, 1.82) is 0 Å². The second-order valence-corrected chi connectivity index (χ2v) is 8.16. The van der Waals surface area contributed by atoms with Gasteiger partial charge in [0, 0.05) is 6.92 Å². The fraction of sp³-hybridized carbons (Fsp3) is 0.261. The number of imide groups is 1. The molecule has 2 aliphatic rings. The minimum Gasteiger partial charge on any atom is -0.481 e. The molecule has 4 amide bonds. The monoisotopic (exact) mass is 481 g/mol. The van der Waals surface area contributed by atoms with Crippen molar-refractivity contribution in [1.82, 2.24) is 15.3 Å². The number of ether oxygens (including phenoxy) is 2. The molecule has 2 atom stereocenters. The fourth-order valence-electron chi connectivity index (χ4n) is 4.14. The van der Waals surface area contributed by atoms with E-state index in [9.17, 15) is 24.3 Å². The minimum absolute atomic E-state index is 0.000101. The number of hydrogen-bond donors (Lipinski definition) is 3. The molecule has 0 bridgehead atoms. The van der Waals surface area contributed by atoms with Gasteiger partial charge in [-0.05, 0) is 35.7 Å². The molecule has 2 aromatic carbocycles. The second-order valence-electron chi connectivity index (χ2n) is 8.16. The zero-order chi connectivity index (χ0) is 25.3. The average molecular weight is 481 g/mol. The number of carbonyl (C=O) groups excluding carboxylic acids is 3. The van der Waals surface area contributed by atoms with Crippen LogP contribution in [0.15, 0.2) is 47.6 Å². The van der Waals surface area contributed by atoms with Gasteiger partial charge in [0.1, 0.15) is 5.54 Å². The van der Waals surface area contributed by atoms with Crippen LogP contribution in [0.1, 0.15) is 43.0 Å². The van der Waals surface area contributed by atoms with Crippen LogP contribution in [0.4, 0.5) is 4.79 Å². The molecule has 12 heteroatoms. The van der Waals surface area contributed by atoms with E-state index in [-0.39, 0.29) is 6.79 Å². The average Bonchev–Trinajstić information content (AvgIpc) is 3.36. The number of urea groups is 1. The summed E-state index contributed by atoms with van der Waals surface area (Å²) in [6.07, 6.45) is 0.854. The van der Waals surface area contributed by atoms with Gasteiger partial charge in [-0.15, -0.1) is 0 Å². The Bertz CT molecular complexity index is 1230. The number of carbonyl (C=O) groups is 4. The summed E-state index contributed by atoms with van der Waals surface area (Å²) >= 11 is 0. The maximum Gasteiger partial charge on any atom is 0.344 e. The lowest BCUT2D eigenvalue weighted by Crippen LogP contribution is -2.52. The highest BCUT2D eigenvalue weighted by Crippen LogP contribution is 2.39. The molecule has 0 aliphatic carbocycles. The van der Waals surface area contributed by atoms with E-state index >= 15 is 0 Å². The lowest BCUT2D eigenvalue weighted by molar-refractivity contribution is -0.162. The van der Waals surface area contributed by atoms with Crippen molar-refractivity contribution in [3.63, 3.8) is 0 Å². The summed E-state index contributed by atoms with van der Waals surface area (Å²) in [5.41, 5.74) is -0.0187. The molecule has 2 aromatic rings. The van der Waals surface area contributed by atoms with Crippen molar-refractivity contribution >= 4 is 30.0 Å². The van der Waals surface area contributed by atoms with Crippen molar-refractivity contribution in [3.8, 4) is 11.5 Å². The number of fused-ring (bicyclic) bond motifs is 1. The number of carboxylic acids is 1. The summed E-state index contributed by atoms with van der Waals surface area (Å²) in [6.45, 7) is 2.66. The maximum atomic E-state index is 13.6. The third-order valence-electron chi connectivity index (χ3n) is 5.86. The van der Waals surface area contributed by atoms with E-state index in [1.807, 2.05) is 0 Å². The first-order valence-corrected chi connectivity index (χ1v) is 10.6. The number of nitrogens with one attached hydrogen (secondary N) is 1. The first-order valence-electron chi connectivity index (χ1n) is 10.6. The fourth-order valence-corrected chi connectivity index (χ4v) is 4.14. The number of hydrazine groups is 1. The van der Waals surface area contributed by atoms with Crippen molar-refractivity contribution in [2.75, 3.05) is 6.79 Å². The minimum atomic E-state index is -1.51. The van der Waals surface area contributed by atoms with Crippen LogP contribution in [0.5, 0.6) is 11.5 Å². The summed E-state index contributed by atoms with van der Waals surface area (Å²) in [5.74, 6) is 3.32. The third kappa shape index (κ3) is 4.21. The Kier molecular flexibility index (Phi) is 6.03. The van der Waals surface area contributed by atoms with Crippen LogP contribution >= 0.6 is 0 Å². The van der Waals surface area contributed by atoms with Gasteiger partial charge >= 0.3 is 12.0 Å². The normalized spacial score (nSPS) is 19.7. The predicted molar refractivity (Wildman–Crippen MR) is 121 cm³/mol. The van der Waals surface area contributed by atoms with Crippen molar-refractivity contribution in [2.24, 2.45) is 10.9 Å². The van der Waals surface area contributed by atoms with E-state index in [0.717, 1.165) is 11.9 Å². The molecule has 2 aliphatic heterocycles. The van der Waals surface area contributed by atoms with Crippen LogP contribution in [0.3, 0.4) is 0 Å². The highest BCUT2D eigenvalue weighted by atomic mass is 16.7. The first-order chi connectivity index (χ1) is 16.7. The molecule has 35 heavy (non-hydrogen) atoms. The standard InChI is InChI=1S/C23H23N5O7/c1-13(29)27(17(10-20(30)31)15-5-8-18-19(9-15)35-12-34-18)28-21(32)23(2,26-22(28)33)16-6-3-14(4-7-16)11-25-24/h3-9,11,17H,10,12,24H2,1-2H3,(H,26,33)(H,30,31)/t17-,23-/m1/s1. The van der Waals surface area contributed by atoms with Crippen LogP contribution in [-0.2, 0) is 19.9 Å². The summed E-state index contributed by atoms with van der Waals surface area (Å²) in [4.78, 5) is 51.2. The number of amides is 4. The molecule has 0 radical (unpaired) electrons. The molecular formula is C23H23N5O7. The SMILES string of the molecule is CC(=O)N([C@H](CC(=O)O)c1ccc2c(c1)OCO2)N1C(=O)N[C@](C)(c2ccc(C=NN)cc2)C1=O. The number of benzene rings is 2. The Morgan fingerprint density at radius 1 is 1.23 bits per heavy atom. The highest BCUT2D eigenvalue weighted by molar-refractivity contribution is 6.08. The number of nitrogens with two attached hydrogens (primary N) is 1. The Morgan fingerprint density at radius 2 is 1.91 bits per heavy atom. The van der Waals surface area contributed by atoms with Gasteiger partial charge < -0.3 is 25.7 Å². The lowest BCUT2D eigenvalue weighted by atomic mass is 9.91. The topological polar surface area (TPSA) is 164 Å². The number of hydrogen-bond acceptors (Lipinski definition) is 8. The van der Waals surface area contributed by atoms with Crippen LogP contribution in [0, 0.1) is 0 Å². The van der Waals surface area contributed by atoms with Gasteiger partial charge in [-0.25, -0.2) is 9.80 Å². The summed E-state index contributed by atoms with van der Waals surface area (Å²) in [6, 6.07) is 9.22. The van der Waals surface area contributed by atoms with Crippen LogP contribution in [-0.4, -0.2) is 51.9 Å². The van der Waals surface area contributed by atoms with E-state index < -0.39 is 41.8 Å². The smallest absolute Gasteiger partial charge is 0.344 e. The van der Waals surface area contributed by atoms with Gasteiger partial charge in [0.15, 0.2) is 11.5 Å². The Morgan fingerprint density at radius 3 is 2.54 bits per heavy atom. The van der Waals surface area contributed by atoms with Gasteiger partial charge in [-0.3, -0.25) is 14.4 Å². The molecular weight excluding hydrogens is 458 g/mol. The van der Waals surface area contributed by atoms with Gasteiger partial charge in [0.25, 0.3) is 5.91 Å². The Hall–Kier alpha value is -4.61. The molecule has 4 rings (SSSR count). The molecule has 0 spiro atoms. The lowest BCUT2D eigenvalue weighted by Gasteiger charge is -2.35. The van der Waals surface area contributed by atoms with Gasteiger partial charge in [0.05, 0.1) is 18.7 Å². The zero-order valence-corrected chi connectivity index (χ0v) is 18.9. The van der Waals surface area contributed by atoms with E-state index in [1.54, 1.807) is 36.4 Å². The van der Waals surface area contributed by atoms with Crippen LogP contribution in [0.25, 0.3) is 0 Å². The molecule has 182 valence electrons. The first kappa shape index (κ1) is 23.5. The maximum absolute atomic E-state index is 13.6.